The van der Waals surface area contributed by atoms with Crippen molar-refractivity contribution in [3.8, 4) is 23.1 Å². The minimum Gasteiger partial charge on any atom is -0.497 e. The summed E-state index contributed by atoms with van der Waals surface area (Å²) < 4.78 is 16.6. The number of hydrogen-bond acceptors (Lipinski definition) is 7. The number of aromatic nitrogens is 4. The second-order valence-electron chi connectivity index (χ2n) is 7.36. The van der Waals surface area contributed by atoms with E-state index in [4.69, 9.17) is 14.2 Å². The number of pyridine rings is 1. The summed E-state index contributed by atoms with van der Waals surface area (Å²) >= 11 is 0. The van der Waals surface area contributed by atoms with Crippen molar-refractivity contribution in [2.45, 2.75) is 31.9 Å². The summed E-state index contributed by atoms with van der Waals surface area (Å²) in [5.41, 5.74) is 1.07. The van der Waals surface area contributed by atoms with E-state index in [0.29, 0.717) is 35.2 Å². The SMILES string of the molecule is COc1ccnc(O[C@@H]2CC[C@@H](C)N(C(=O)c3ccc(OC)cc3-n3nccn3)C2)c1. The average Bonchev–Trinajstić information content (AvgIpc) is 3.34. The van der Waals surface area contributed by atoms with Gasteiger partial charge < -0.3 is 19.1 Å². The van der Waals surface area contributed by atoms with Gasteiger partial charge in [-0.05, 0) is 38.0 Å². The van der Waals surface area contributed by atoms with Gasteiger partial charge in [0.05, 0.1) is 38.7 Å². The Bertz CT molecular complexity index is 1040. The lowest BCUT2D eigenvalue weighted by Crippen LogP contribution is -2.49. The number of methoxy groups -OCH3 is 2. The molecule has 3 heterocycles. The zero-order valence-electron chi connectivity index (χ0n) is 17.8. The molecule has 0 bridgehead atoms. The fraction of sp³-hybridized carbons (Fsp3) is 0.364. The van der Waals surface area contributed by atoms with Crippen molar-refractivity contribution < 1.29 is 19.0 Å². The van der Waals surface area contributed by atoms with E-state index in [2.05, 4.69) is 15.2 Å². The molecule has 1 saturated heterocycles. The normalized spacial score (nSPS) is 18.5. The highest BCUT2D eigenvalue weighted by molar-refractivity contribution is 5.98. The molecule has 0 spiro atoms. The highest BCUT2D eigenvalue weighted by Crippen LogP contribution is 2.27. The summed E-state index contributed by atoms with van der Waals surface area (Å²) in [4.78, 5) is 21.1. The number of carbonyl (C=O) groups excluding carboxylic acids is 1. The molecule has 0 N–H and O–H groups in total. The highest BCUT2D eigenvalue weighted by atomic mass is 16.5. The summed E-state index contributed by atoms with van der Waals surface area (Å²) in [5, 5.41) is 8.38. The summed E-state index contributed by atoms with van der Waals surface area (Å²) in [6.07, 6.45) is 6.28. The van der Waals surface area contributed by atoms with Crippen LogP contribution in [0.15, 0.2) is 48.9 Å². The van der Waals surface area contributed by atoms with Crippen LogP contribution in [0.25, 0.3) is 5.69 Å². The minimum absolute atomic E-state index is 0.0751. The molecule has 4 rings (SSSR count). The first-order valence-corrected chi connectivity index (χ1v) is 10.1. The summed E-state index contributed by atoms with van der Waals surface area (Å²) in [7, 11) is 3.18. The molecule has 1 aliphatic heterocycles. The zero-order chi connectivity index (χ0) is 21.8. The summed E-state index contributed by atoms with van der Waals surface area (Å²) in [5.74, 6) is 1.68. The van der Waals surface area contributed by atoms with Crippen LogP contribution in [0.3, 0.4) is 0 Å². The number of carbonyl (C=O) groups is 1. The molecule has 31 heavy (non-hydrogen) atoms. The third kappa shape index (κ3) is 4.45. The Morgan fingerprint density at radius 1 is 1.00 bits per heavy atom. The van der Waals surface area contributed by atoms with Crippen LogP contribution in [0.5, 0.6) is 17.4 Å². The van der Waals surface area contributed by atoms with Gasteiger partial charge in [0.25, 0.3) is 5.91 Å². The number of rotatable bonds is 6. The van der Waals surface area contributed by atoms with Gasteiger partial charge in [-0.3, -0.25) is 4.79 Å². The fourth-order valence-corrected chi connectivity index (χ4v) is 3.69. The van der Waals surface area contributed by atoms with Crippen molar-refractivity contribution in [1.82, 2.24) is 24.9 Å². The molecule has 3 aromatic rings. The van der Waals surface area contributed by atoms with Crippen LogP contribution in [0.2, 0.25) is 0 Å². The molecule has 1 amide bonds. The lowest BCUT2D eigenvalue weighted by atomic mass is 9.99. The molecular weight excluding hydrogens is 398 g/mol. The molecule has 9 heteroatoms. The fourth-order valence-electron chi connectivity index (χ4n) is 3.69. The summed E-state index contributed by atoms with van der Waals surface area (Å²) in [6, 6.07) is 8.86. The van der Waals surface area contributed by atoms with E-state index < -0.39 is 0 Å². The number of likely N-dealkylation sites (tertiary alicyclic amines) is 1. The van der Waals surface area contributed by atoms with Crippen molar-refractivity contribution in [3.05, 3.63) is 54.5 Å². The van der Waals surface area contributed by atoms with Crippen LogP contribution in [0.4, 0.5) is 0 Å². The Balaban J connectivity index is 1.57. The van der Waals surface area contributed by atoms with Gasteiger partial charge in [-0.25, -0.2) is 4.98 Å². The Morgan fingerprint density at radius 3 is 2.48 bits per heavy atom. The van der Waals surface area contributed by atoms with Gasteiger partial charge in [0.1, 0.15) is 23.3 Å². The van der Waals surface area contributed by atoms with Gasteiger partial charge in [-0.15, -0.1) is 0 Å². The number of nitrogens with zero attached hydrogens (tertiary/aromatic N) is 5. The quantitative estimate of drug-likeness (QED) is 0.602. The first-order chi connectivity index (χ1) is 15.1. The second kappa shape index (κ2) is 9.03. The molecule has 2 atom stereocenters. The Hall–Kier alpha value is -3.62. The van der Waals surface area contributed by atoms with Crippen LogP contribution in [0, 0.1) is 0 Å². The largest absolute Gasteiger partial charge is 0.497 e. The Kier molecular flexibility index (Phi) is 6.01. The van der Waals surface area contributed by atoms with Gasteiger partial charge in [-0.2, -0.15) is 15.0 Å². The lowest BCUT2D eigenvalue weighted by molar-refractivity contribution is 0.0372. The van der Waals surface area contributed by atoms with Crippen LogP contribution in [0.1, 0.15) is 30.1 Å². The molecule has 1 aliphatic rings. The minimum atomic E-state index is -0.163. The van der Waals surface area contributed by atoms with Gasteiger partial charge in [-0.1, -0.05) is 0 Å². The van der Waals surface area contributed by atoms with Crippen molar-refractivity contribution in [3.63, 3.8) is 0 Å². The number of hydrogen-bond donors (Lipinski definition) is 0. The van der Waals surface area contributed by atoms with Crippen molar-refractivity contribution in [2.75, 3.05) is 20.8 Å². The van der Waals surface area contributed by atoms with Crippen molar-refractivity contribution in [2.24, 2.45) is 0 Å². The molecule has 1 fully saturated rings. The number of piperidine rings is 1. The predicted octanol–water partition coefficient (Wildman–Crippen LogP) is 2.75. The molecule has 0 radical (unpaired) electrons. The standard InChI is InChI=1S/C22H25N5O4/c1-15-4-5-18(31-21-13-17(30-3)8-9-23-21)14-26(15)22(28)19-7-6-16(29-2)12-20(19)27-24-10-11-25-27/h6-13,15,18H,4-5,14H2,1-3H3/t15-,18-/m1/s1. The van der Waals surface area contributed by atoms with E-state index in [1.54, 1.807) is 63.1 Å². The van der Waals surface area contributed by atoms with Crippen molar-refractivity contribution in [1.29, 1.82) is 0 Å². The van der Waals surface area contributed by atoms with Gasteiger partial charge >= 0.3 is 0 Å². The first kappa shape index (κ1) is 20.6. The van der Waals surface area contributed by atoms with Gasteiger partial charge in [0.2, 0.25) is 5.88 Å². The monoisotopic (exact) mass is 423 g/mol. The molecule has 0 unspecified atom stereocenters. The van der Waals surface area contributed by atoms with Crippen molar-refractivity contribution >= 4 is 5.91 Å². The van der Waals surface area contributed by atoms with Gasteiger partial charge in [0.15, 0.2) is 0 Å². The molecule has 9 nitrogen and oxygen atoms in total. The second-order valence-corrected chi connectivity index (χ2v) is 7.36. The van der Waals surface area contributed by atoms with Crippen LogP contribution in [-0.2, 0) is 0 Å². The topological polar surface area (TPSA) is 91.6 Å². The van der Waals surface area contributed by atoms with E-state index in [1.807, 2.05) is 11.8 Å². The molecule has 0 aliphatic carbocycles. The van der Waals surface area contributed by atoms with E-state index in [0.717, 1.165) is 12.8 Å². The number of ether oxygens (including phenoxy) is 3. The third-order valence-electron chi connectivity index (χ3n) is 5.40. The van der Waals surface area contributed by atoms with E-state index in [9.17, 15) is 4.79 Å². The number of benzene rings is 1. The van der Waals surface area contributed by atoms with Gasteiger partial charge in [0, 0.05) is 24.4 Å². The van der Waals surface area contributed by atoms with Crippen LogP contribution < -0.4 is 14.2 Å². The van der Waals surface area contributed by atoms with E-state index in [1.165, 1.54) is 4.80 Å². The van der Waals surface area contributed by atoms with Crippen LogP contribution in [-0.4, -0.2) is 63.7 Å². The zero-order valence-corrected chi connectivity index (χ0v) is 17.8. The highest BCUT2D eigenvalue weighted by Gasteiger charge is 2.32. The summed E-state index contributed by atoms with van der Waals surface area (Å²) in [6.45, 7) is 2.50. The third-order valence-corrected chi connectivity index (χ3v) is 5.40. The van der Waals surface area contributed by atoms with E-state index >= 15 is 0 Å². The molecule has 0 saturated carbocycles. The Labute approximate surface area is 180 Å². The average molecular weight is 423 g/mol. The molecule has 2 aromatic heterocycles. The molecule has 1 aromatic carbocycles. The number of amides is 1. The Morgan fingerprint density at radius 2 is 1.74 bits per heavy atom. The maximum Gasteiger partial charge on any atom is 0.256 e. The maximum atomic E-state index is 13.5. The predicted molar refractivity (Wildman–Crippen MR) is 113 cm³/mol. The molecular formula is C22H25N5O4. The van der Waals surface area contributed by atoms with Crippen LogP contribution >= 0.6 is 0 Å². The van der Waals surface area contributed by atoms with E-state index in [-0.39, 0.29) is 18.1 Å². The smallest absolute Gasteiger partial charge is 0.256 e. The lowest BCUT2D eigenvalue weighted by Gasteiger charge is -2.38. The molecule has 162 valence electrons. The maximum absolute atomic E-state index is 13.5. The first-order valence-electron chi connectivity index (χ1n) is 10.1.